The molecule has 0 bridgehead atoms. The van der Waals surface area contributed by atoms with Gasteiger partial charge in [0.1, 0.15) is 5.60 Å². The number of alkyl carbamates (subject to hydrolysis) is 1. The van der Waals surface area contributed by atoms with Crippen molar-refractivity contribution in [3.63, 3.8) is 0 Å². The van der Waals surface area contributed by atoms with Crippen molar-refractivity contribution >= 4 is 22.0 Å². The Morgan fingerprint density at radius 3 is 2.62 bits per heavy atom. The molecule has 2 atom stereocenters. The Morgan fingerprint density at radius 2 is 2.08 bits per heavy atom. The van der Waals surface area contributed by atoms with Gasteiger partial charge in [0.25, 0.3) is 0 Å². The first-order chi connectivity index (χ1) is 11.1. The standard InChI is InChI=1S/C18H27BrN2O3/c1-12(21-16(23)24-17(2,3)4)15(22)11-20-18(8-9-18)13-6-5-7-14(19)10-13/h5-7,10,12,15,20,22H,8-9,11H2,1-4H3,(H,21,23)/t12-,15?/m0/s1. The van der Waals surface area contributed by atoms with E-state index in [0.29, 0.717) is 6.54 Å². The van der Waals surface area contributed by atoms with E-state index in [1.807, 2.05) is 32.9 Å². The fourth-order valence-electron chi connectivity index (χ4n) is 2.55. The lowest BCUT2D eigenvalue weighted by molar-refractivity contribution is 0.0433. The molecule has 1 unspecified atom stereocenters. The zero-order valence-corrected chi connectivity index (χ0v) is 16.3. The predicted octanol–water partition coefficient (Wildman–Crippen LogP) is 3.30. The first kappa shape index (κ1) is 19.2. The summed E-state index contributed by atoms with van der Waals surface area (Å²) in [7, 11) is 0. The Hall–Kier alpha value is -1.11. The predicted molar refractivity (Wildman–Crippen MR) is 97.9 cm³/mol. The van der Waals surface area contributed by atoms with Crippen molar-refractivity contribution in [1.29, 1.82) is 0 Å². The van der Waals surface area contributed by atoms with Crippen LogP contribution in [0.4, 0.5) is 4.79 Å². The minimum Gasteiger partial charge on any atom is -0.444 e. The van der Waals surface area contributed by atoms with E-state index < -0.39 is 23.8 Å². The second-order valence-electron chi connectivity index (χ2n) is 7.48. The molecule has 134 valence electrons. The summed E-state index contributed by atoms with van der Waals surface area (Å²) in [6.45, 7) is 7.61. The van der Waals surface area contributed by atoms with Crippen molar-refractivity contribution in [2.24, 2.45) is 0 Å². The SMILES string of the molecule is C[C@H](NC(=O)OC(C)(C)C)C(O)CNC1(c2cccc(Br)c2)CC1. The van der Waals surface area contributed by atoms with Gasteiger partial charge in [-0.25, -0.2) is 4.79 Å². The van der Waals surface area contributed by atoms with E-state index in [1.165, 1.54) is 5.56 Å². The molecule has 0 aromatic heterocycles. The average Bonchev–Trinajstić information content (AvgIpc) is 3.23. The number of carbonyl (C=O) groups excluding carboxylic acids is 1. The van der Waals surface area contributed by atoms with E-state index in [4.69, 9.17) is 4.74 Å². The van der Waals surface area contributed by atoms with E-state index in [-0.39, 0.29) is 5.54 Å². The van der Waals surface area contributed by atoms with Crippen molar-refractivity contribution in [3.05, 3.63) is 34.3 Å². The van der Waals surface area contributed by atoms with Gasteiger partial charge in [-0.2, -0.15) is 0 Å². The van der Waals surface area contributed by atoms with Crippen molar-refractivity contribution < 1.29 is 14.6 Å². The molecule has 0 saturated heterocycles. The quantitative estimate of drug-likeness (QED) is 0.687. The lowest BCUT2D eigenvalue weighted by Gasteiger charge is -2.26. The van der Waals surface area contributed by atoms with Gasteiger partial charge in [-0.15, -0.1) is 0 Å². The Balaban J connectivity index is 1.84. The Kier molecular flexibility index (Phi) is 5.94. The summed E-state index contributed by atoms with van der Waals surface area (Å²) in [5.74, 6) is 0. The van der Waals surface area contributed by atoms with E-state index in [0.717, 1.165) is 17.3 Å². The van der Waals surface area contributed by atoms with Crippen LogP contribution in [0, 0.1) is 0 Å². The van der Waals surface area contributed by atoms with Gasteiger partial charge in [-0.1, -0.05) is 28.1 Å². The fourth-order valence-corrected chi connectivity index (χ4v) is 2.94. The number of aliphatic hydroxyl groups is 1. The Labute approximate surface area is 152 Å². The minimum atomic E-state index is -0.692. The van der Waals surface area contributed by atoms with E-state index in [1.54, 1.807) is 6.92 Å². The van der Waals surface area contributed by atoms with Crippen LogP contribution in [-0.4, -0.2) is 35.5 Å². The highest BCUT2D eigenvalue weighted by molar-refractivity contribution is 9.10. The molecule has 0 spiro atoms. The second kappa shape index (κ2) is 7.42. The maximum atomic E-state index is 11.8. The Bertz CT molecular complexity index is 582. The highest BCUT2D eigenvalue weighted by Crippen LogP contribution is 2.45. The lowest BCUT2D eigenvalue weighted by atomic mass is 10.0. The van der Waals surface area contributed by atoms with Gasteiger partial charge in [0.2, 0.25) is 0 Å². The Morgan fingerprint density at radius 1 is 1.42 bits per heavy atom. The van der Waals surface area contributed by atoms with Crippen LogP contribution in [0.2, 0.25) is 0 Å². The number of nitrogens with one attached hydrogen (secondary N) is 2. The molecule has 1 aliphatic carbocycles. The molecule has 2 rings (SSSR count). The maximum absolute atomic E-state index is 11.8. The van der Waals surface area contributed by atoms with Crippen LogP contribution in [0.25, 0.3) is 0 Å². The van der Waals surface area contributed by atoms with Gasteiger partial charge in [0.15, 0.2) is 0 Å². The number of carbonyl (C=O) groups is 1. The van der Waals surface area contributed by atoms with Crippen LogP contribution >= 0.6 is 15.9 Å². The molecule has 1 aliphatic rings. The lowest BCUT2D eigenvalue weighted by Crippen LogP contribution is -2.48. The summed E-state index contributed by atoms with van der Waals surface area (Å²) in [5.41, 5.74) is 0.610. The molecule has 1 aromatic carbocycles. The zero-order valence-electron chi connectivity index (χ0n) is 14.7. The van der Waals surface area contributed by atoms with E-state index in [2.05, 4.69) is 38.7 Å². The number of benzene rings is 1. The zero-order chi connectivity index (χ0) is 18.0. The van der Waals surface area contributed by atoms with Crippen molar-refractivity contribution in [1.82, 2.24) is 10.6 Å². The van der Waals surface area contributed by atoms with Crippen molar-refractivity contribution in [3.8, 4) is 0 Å². The maximum Gasteiger partial charge on any atom is 0.407 e. The molecule has 1 amide bonds. The van der Waals surface area contributed by atoms with Gasteiger partial charge >= 0.3 is 6.09 Å². The third kappa shape index (κ3) is 5.46. The molecular weight excluding hydrogens is 372 g/mol. The molecular formula is C18H27BrN2O3. The topological polar surface area (TPSA) is 70.6 Å². The molecule has 5 nitrogen and oxygen atoms in total. The van der Waals surface area contributed by atoms with Gasteiger partial charge in [0.05, 0.1) is 12.1 Å². The smallest absolute Gasteiger partial charge is 0.407 e. The first-order valence-electron chi connectivity index (χ1n) is 8.30. The third-order valence-electron chi connectivity index (χ3n) is 4.10. The first-order valence-corrected chi connectivity index (χ1v) is 9.09. The second-order valence-corrected chi connectivity index (χ2v) is 8.39. The van der Waals surface area contributed by atoms with E-state index >= 15 is 0 Å². The van der Waals surface area contributed by atoms with Crippen molar-refractivity contribution in [2.45, 2.75) is 63.8 Å². The summed E-state index contributed by atoms with van der Waals surface area (Å²) in [4.78, 5) is 11.8. The number of amides is 1. The summed E-state index contributed by atoms with van der Waals surface area (Å²) < 4.78 is 6.26. The largest absolute Gasteiger partial charge is 0.444 e. The molecule has 6 heteroatoms. The molecule has 3 N–H and O–H groups in total. The summed E-state index contributed by atoms with van der Waals surface area (Å²) in [6, 6.07) is 7.82. The molecule has 1 saturated carbocycles. The molecule has 24 heavy (non-hydrogen) atoms. The minimum absolute atomic E-state index is 0.0591. The monoisotopic (exact) mass is 398 g/mol. The highest BCUT2D eigenvalue weighted by Gasteiger charge is 2.44. The number of rotatable bonds is 6. The van der Waals surface area contributed by atoms with Crippen LogP contribution in [0.3, 0.4) is 0 Å². The summed E-state index contributed by atoms with van der Waals surface area (Å²) in [6.07, 6.45) is 0.887. The average molecular weight is 399 g/mol. The summed E-state index contributed by atoms with van der Waals surface area (Å²) in [5, 5.41) is 16.5. The van der Waals surface area contributed by atoms with Crippen LogP contribution in [0.5, 0.6) is 0 Å². The molecule has 0 aliphatic heterocycles. The van der Waals surface area contributed by atoms with Crippen LogP contribution in [-0.2, 0) is 10.3 Å². The normalized spacial score (nSPS) is 18.6. The molecule has 1 fully saturated rings. The van der Waals surface area contributed by atoms with E-state index in [9.17, 15) is 9.90 Å². The number of aliphatic hydroxyl groups excluding tert-OH is 1. The van der Waals surface area contributed by atoms with Crippen LogP contribution in [0.15, 0.2) is 28.7 Å². The molecule has 0 heterocycles. The summed E-state index contributed by atoms with van der Waals surface area (Å²) >= 11 is 3.50. The number of ether oxygens (including phenoxy) is 1. The molecule has 1 aromatic rings. The van der Waals surface area contributed by atoms with Gasteiger partial charge in [-0.05, 0) is 58.2 Å². The van der Waals surface area contributed by atoms with Crippen LogP contribution in [0.1, 0.15) is 46.1 Å². The van der Waals surface area contributed by atoms with Crippen LogP contribution < -0.4 is 10.6 Å². The molecule has 0 radical (unpaired) electrons. The number of halogens is 1. The van der Waals surface area contributed by atoms with Crippen molar-refractivity contribution in [2.75, 3.05) is 6.54 Å². The highest BCUT2D eigenvalue weighted by atomic mass is 79.9. The fraction of sp³-hybridized carbons (Fsp3) is 0.611. The number of hydrogen-bond acceptors (Lipinski definition) is 4. The van der Waals surface area contributed by atoms with Gasteiger partial charge < -0.3 is 20.5 Å². The van der Waals surface area contributed by atoms with Gasteiger partial charge in [0, 0.05) is 16.6 Å². The number of hydrogen-bond donors (Lipinski definition) is 3. The third-order valence-corrected chi connectivity index (χ3v) is 4.59. The van der Waals surface area contributed by atoms with Gasteiger partial charge in [-0.3, -0.25) is 0 Å².